The maximum absolute atomic E-state index is 4.74. The SMILES string of the molecule is c1ccc(CNc2nc(Nc3ccccc3)nc3c2ncn3-c2ccsc2)cc1. The number of hydrogen-bond donors (Lipinski definition) is 2. The molecular weight excluding hydrogens is 380 g/mol. The highest BCUT2D eigenvalue weighted by molar-refractivity contribution is 7.08. The van der Waals surface area contributed by atoms with Gasteiger partial charge in [-0.15, -0.1) is 0 Å². The van der Waals surface area contributed by atoms with Gasteiger partial charge < -0.3 is 10.6 Å². The summed E-state index contributed by atoms with van der Waals surface area (Å²) in [6.45, 7) is 0.656. The normalized spacial score (nSPS) is 10.9. The van der Waals surface area contributed by atoms with Gasteiger partial charge in [0.2, 0.25) is 5.95 Å². The molecule has 2 N–H and O–H groups in total. The maximum Gasteiger partial charge on any atom is 0.231 e. The van der Waals surface area contributed by atoms with E-state index in [0.717, 1.165) is 22.5 Å². The molecule has 5 rings (SSSR count). The third kappa shape index (κ3) is 3.68. The third-order valence-electron chi connectivity index (χ3n) is 4.51. The van der Waals surface area contributed by atoms with Gasteiger partial charge >= 0.3 is 0 Å². The minimum atomic E-state index is 0.524. The fourth-order valence-electron chi connectivity index (χ4n) is 3.09. The largest absolute Gasteiger partial charge is 0.364 e. The van der Waals surface area contributed by atoms with E-state index in [-0.39, 0.29) is 0 Å². The van der Waals surface area contributed by atoms with E-state index >= 15 is 0 Å². The highest BCUT2D eigenvalue weighted by atomic mass is 32.1. The van der Waals surface area contributed by atoms with Crippen molar-refractivity contribution < 1.29 is 0 Å². The van der Waals surface area contributed by atoms with Gasteiger partial charge in [0.25, 0.3) is 0 Å². The van der Waals surface area contributed by atoms with E-state index in [4.69, 9.17) is 9.97 Å². The van der Waals surface area contributed by atoms with Crippen molar-refractivity contribution in [2.75, 3.05) is 10.6 Å². The summed E-state index contributed by atoms with van der Waals surface area (Å²) < 4.78 is 1.98. The molecule has 0 aliphatic heterocycles. The van der Waals surface area contributed by atoms with E-state index in [0.29, 0.717) is 18.3 Å². The summed E-state index contributed by atoms with van der Waals surface area (Å²) in [7, 11) is 0. The second-order valence-corrected chi connectivity index (χ2v) is 7.27. The molecule has 0 atom stereocenters. The Kier molecular flexibility index (Phi) is 4.63. The van der Waals surface area contributed by atoms with E-state index in [1.165, 1.54) is 5.56 Å². The molecular formula is C22H18N6S. The summed E-state index contributed by atoms with van der Waals surface area (Å²) in [5.74, 6) is 1.22. The van der Waals surface area contributed by atoms with Crippen LogP contribution in [0.15, 0.2) is 83.8 Å². The molecule has 0 aliphatic rings. The molecule has 6 nitrogen and oxygen atoms in total. The topological polar surface area (TPSA) is 67.7 Å². The number of thiophene rings is 1. The molecule has 7 heteroatoms. The molecule has 0 saturated heterocycles. The summed E-state index contributed by atoms with van der Waals surface area (Å²) in [5.41, 5.74) is 4.64. The van der Waals surface area contributed by atoms with E-state index in [9.17, 15) is 0 Å². The van der Waals surface area contributed by atoms with Crippen LogP contribution in [0.4, 0.5) is 17.5 Å². The van der Waals surface area contributed by atoms with Crippen molar-refractivity contribution in [1.82, 2.24) is 19.5 Å². The molecule has 3 heterocycles. The van der Waals surface area contributed by atoms with Crippen LogP contribution in [0.2, 0.25) is 0 Å². The first kappa shape index (κ1) is 17.4. The lowest BCUT2D eigenvalue weighted by atomic mass is 10.2. The Hall–Kier alpha value is -3.71. The van der Waals surface area contributed by atoms with Crippen LogP contribution in [0.5, 0.6) is 0 Å². The number of fused-ring (bicyclic) bond motifs is 1. The number of nitrogens with one attached hydrogen (secondary N) is 2. The predicted molar refractivity (Wildman–Crippen MR) is 118 cm³/mol. The van der Waals surface area contributed by atoms with Gasteiger partial charge in [0.15, 0.2) is 17.0 Å². The molecule has 0 amide bonds. The first-order valence-corrected chi connectivity index (χ1v) is 10.2. The van der Waals surface area contributed by atoms with Crippen LogP contribution in [-0.2, 0) is 6.54 Å². The van der Waals surface area contributed by atoms with Crippen molar-refractivity contribution in [2.24, 2.45) is 0 Å². The molecule has 0 radical (unpaired) electrons. The monoisotopic (exact) mass is 398 g/mol. The predicted octanol–water partition coefficient (Wildman–Crippen LogP) is 5.23. The van der Waals surface area contributed by atoms with Crippen molar-refractivity contribution in [3.05, 3.63) is 89.4 Å². The van der Waals surface area contributed by atoms with Gasteiger partial charge in [0.05, 0.1) is 5.69 Å². The molecule has 142 valence electrons. The van der Waals surface area contributed by atoms with E-state index < -0.39 is 0 Å². The second-order valence-electron chi connectivity index (χ2n) is 6.49. The summed E-state index contributed by atoms with van der Waals surface area (Å²) in [5, 5.41) is 10.8. The van der Waals surface area contributed by atoms with Crippen molar-refractivity contribution in [1.29, 1.82) is 0 Å². The molecule has 0 unspecified atom stereocenters. The summed E-state index contributed by atoms with van der Waals surface area (Å²) >= 11 is 1.64. The quantitative estimate of drug-likeness (QED) is 0.410. The van der Waals surface area contributed by atoms with E-state index in [2.05, 4.69) is 39.2 Å². The fourth-order valence-corrected chi connectivity index (χ4v) is 3.72. The second kappa shape index (κ2) is 7.73. The molecule has 0 bridgehead atoms. The Balaban J connectivity index is 1.56. The molecule has 5 aromatic rings. The van der Waals surface area contributed by atoms with Gasteiger partial charge in [-0.1, -0.05) is 48.5 Å². The number of imidazole rings is 1. The molecule has 2 aromatic carbocycles. The lowest BCUT2D eigenvalue weighted by Gasteiger charge is -2.10. The van der Waals surface area contributed by atoms with Crippen LogP contribution >= 0.6 is 11.3 Å². The zero-order chi connectivity index (χ0) is 19.5. The molecule has 0 aliphatic carbocycles. The highest BCUT2D eigenvalue weighted by Gasteiger charge is 2.15. The smallest absolute Gasteiger partial charge is 0.231 e. The van der Waals surface area contributed by atoms with Gasteiger partial charge in [-0.2, -0.15) is 21.3 Å². The Bertz CT molecular complexity index is 1220. The maximum atomic E-state index is 4.74. The zero-order valence-corrected chi connectivity index (χ0v) is 16.3. The molecule has 29 heavy (non-hydrogen) atoms. The van der Waals surface area contributed by atoms with Crippen molar-refractivity contribution in [2.45, 2.75) is 6.54 Å². The number of anilines is 3. The Morgan fingerprint density at radius 2 is 1.69 bits per heavy atom. The van der Waals surface area contributed by atoms with Crippen LogP contribution < -0.4 is 10.6 Å². The van der Waals surface area contributed by atoms with Crippen LogP contribution in [0.25, 0.3) is 16.9 Å². The van der Waals surface area contributed by atoms with E-state index in [1.807, 2.05) is 58.5 Å². The van der Waals surface area contributed by atoms with Crippen molar-refractivity contribution >= 4 is 40.0 Å². The van der Waals surface area contributed by atoms with Gasteiger partial charge in [-0.3, -0.25) is 4.57 Å². The Morgan fingerprint density at radius 3 is 2.45 bits per heavy atom. The lowest BCUT2D eigenvalue weighted by Crippen LogP contribution is -2.06. The highest BCUT2D eigenvalue weighted by Crippen LogP contribution is 2.26. The number of aromatic nitrogens is 4. The number of para-hydroxylation sites is 1. The first-order chi connectivity index (χ1) is 14.4. The standard InChI is InChI=1S/C22H18N6S/c1-3-7-16(8-4-1)13-23-20-19-21(28(15-24-19)18-11-12-29-14-18)27-22(26-20)25-17-9-5-2-6-10-17/h1-12,14-15H,13H2,(H2,23,25,26,27). The van der Waals surface area contributed by atoms with Crippen LogP contribution in [0.3, 0.4) is 0 Å². The average Bonchev–Trinajstić information content (AvgIpc) is 3.43. The zero-order valence-electron chi connectivity index (χ0n) is 15.5. The molecule has 0 fully saturated rings. The minimum absolute atomic E-state index is 0.524. The van der Waals surface area contributed by atoms with Crippen molar-refractivity contribution in [3.8, 4) is 5.69 Å². The van der Waals surface area contributed by atoms with Crippen LogP contribution in [0.1, 0.15) is 5.56 Å². The van der Waals surface area contributed by atoms with Gasteiger partial charge in [-0.05, 0) is 29.1 Å². The number of hydrogen-bond acceptors (Lipinski definition) is 6. The van der Waals surface area contributed by atoms with Gasteiger partial charge in [0, 0.05) is 17.6 Å². The number of benzene rings is 2. The summed E-state index contributed by atoms with van der Waals surface area (Å²) in [4.78, 5) is 14.0. The Morgan fingerprint density at radius 1 is 0.897 bits per heavy atom. The summed E-state index contributed by atoms with van der Waals surface area (Å²) in [6, 6.07) is 22.2. The van der Waals surface area contributed by atoms with Crippen LogP contribution in [-0.4, -0.2) is 19.5 Å². The molecule has 0 spiro atoms. The number of rotatable bonds is 6. The lowest BCUT2D eigenvalue weighted by molar-refractivity contribution is 1.06. The molecule has 0 saturated carbocycles. The van der Waals surface area contributed by atoms with E-state index in [1.54, 1.807) is 17.7 Å². The van der Waals surface area contributed by atoms with Gasteiger partial charge in [-0.25, -0.2) is 4.98 Å². The van der Waals surface area contributed by atoms with Crippen LogP contribution in [0, 0.1) is 0 Å². The minimum Gasteiger partial charge on any atom is -0.364 e. The number of nitrogens with zero attached hydrogens (tertiary/aromatic N) is 4. The average molecular weight is 398 g/mol. The third-order valence-corrected chi connectivity index (χ3v) is 5.18. The van der Waals surface area contributed by atoms with Crippen molar-refractivity contribution in [3.63, 3.8) is 0 Å². The summed E-state index contributed by atoms with van der Waals surface area (Å²) in [6.07, 6.45) is 1.79. The van der Waals surface area contributed by atoms with Gasteiger partial charge in [0.1, 0.15) is 6.33 Å². The molecule has 3 aromatic heterocycles. The Labute approximate surface area is 171 Å². The first-order valence-electron chi connectivity index (χ1n) is 9.24. The fraction of sp³-hybridized carbons (Fsp3) is 0.0455.